The predicted molar refractivity (Wildman–Crippen MR) is 65.4 cm³/mol. The Labute approximate surface area is 102 Å². The summed E-state index contributed by atoms with van der Waals surface area (Å²) in [5.41, 5.74) is 1.39. The molecule has 1 aromatic carbocycles. The molecule has 0 saturated carbocycles. The van der Waals surface area contributed by atoms with Crippen LogP contribution in [0.4, 0.5) is 0 Å². The number of aromatic nitrogens is 2. The van der Waals surface area contributed by atoms with E-state index in [2.05, 4.69) is 9.97 Å². The average molecular weight is 244 g/mol. The van der Waals surface area contributed by atoms with Crippen LogP contribution < -0.4 is 11.2 Å². The first-order valence-corrected chi connectivity index (χ1v) is 5.75. The van der Waals surface area contributed by atoms with Crippen molar-refractivity contribution < 1.29 is 4.74 Å². The van der Waals surface area contributed by atoms with E-state index in [0.29, 0.717) is 17.7 Å². The van der Waals surface area contributed by atoms with Gasteiger partial charge in [-0.25, -0.2) is 4.79 Å². The number of nitrogens with one attached hydrogen (secondary N) is 2. The fourth-order valence-corrected chi connectivity index (χ4v) is 2.20. The normalized spacial score (nSPS) is 17.7. The zero-order valence-electron chi connectivity index (χ0n) is 9.60. The summed E-state index contributed by atoms with van der Waals surface area (Å²) in [4.78, 5) is 27.7. The van der Waals surface area contributed by atoms with E-state index < -0.39 is 5.69 Å². The smallest absolute Gasteiger partial charge is 0.325 e. The van der Waals surface area contributed by atoms with Crippen LogP contribution in [-0.2, 0) is 17.8 Å². The first kappa shape index (κ1) is 11.0. The number of aromatic amines is 2. The average Bonchev–Trinajstić information content (AvgIpc) is 2.74. The Bertz CT molecular complexity index is 673. The van der Waals surface area contributed by atoms with Crippen LogP contribution >= 0.6 is 0 Å². The first-order chi connectivity index (χ1) is 8.74. The third-order valence-corrected chi connectivity index (χ3v) is 3.09. The topological polar surface area (TPSA) is 75.0 Å². The monoisotopic (exact) mass is 244 g/mol. The summed E-state index contributed by atoms with van der Waals surface area (Å²) in [6.07, 6.45) is 0.394. The summed E-state index contributed by atoms with van der Waals surface area (Å²) < 4.78 is 5.57. The highest BCUT2D eigenvalue weighted by atomic mass is 16.5. The molecule has 1 atom stereocenters. The van der Waals surface area contributed by atoms with Gasteiger partial charge in [0.2, 0.25) is 0 Å². The number of fused-ring (bicyclic) bond motifs is 1. The summed E-state index contributed by atoms with van der Waals surface area (Å²) in [7, 11) is 0. The maximum Gasteiger partial charge on any atom is 0.325 e. The van der Waals surface area contributed by atoms with Crippen LogP contribution in [0.5, 0.6) is 0 Å². The quantitative estimate of drug-likeness (QED) is 0.823. The number of H-pyrrole nitrogens is 2. The molecule has 0 aliphatic carbocycles. The maximum atomic E-state index is 11.6. The van der Waals surface area contributed by atoms with Gasteiger partial charge in [-0.15, -0.1) is 0 Å². The van der Waals surface area contributed by atoms with Crippen molar-refractivity contribution in [2.75, 3.05) is 0 Å². The maximum absolute atomic E-state index is 11.6. The number of ether oxygens (including phenoxy) is 1. The third kappa shape index (κ3) is 1.89. The van der Waals surface area contributed by atoms with Crippen LogP contribution in [0, 0.1) is 0 Å². The molecule has 0 radical (unpaired) electrons. The van der Waals surface area contributed by atoms with Crippen molar-refractivity contribution in [3.63, 3.8) is 0 Å². The van der Waals surface area contributed by atoms with Crippen molar-refractivity contribution in [1.29, 1.82) is 0 Å². The molecule has 18 heavy (non-hydrogen) atoms. The molecule has 0 amide bonds. The third-order valence-electron chi connectivity index (χ3n) is 3.09. The van der Waals surface area contributed by atoms with Crippen molar-refractivity contribution in [2.45, 2.75) is 19.1 Å². The molecule has 1 aromatic heterocycles. The van der Waals surface area contributed by atoms with Crippen molar-refractivity contribution in [3.05, 3.63) is 68.0 Å². The zero-order chi connectivity index (χ0) is 12.5. The molecule has 1 aliphatic heterocycles. The Morgan fingerprint density at radius 2 is 1.94 bits per heavy atom. The lowest BCUT2D eigenvalue weighted by Crippen LogP contribution is -2.26. The van der Waals surface area contributed by atoms with Gasteiger partial charge in [0.05, 0.1) is 17.9 Å². The summed E-state index contributed by atoms with van der Waals surface area (Å²) in [6.45, 7) is 0.249. The molecule has 0 saturated heterocycles. The Morgan fingerprint density at radius 3 is 2.72 bits per heavy atom. The molecule has 2 aromatic rings. The van der Waals surface area contributed by atoms with E-state index in [0.717, 1.165) is 5.56 Å². The molecule has 92 valence electrons. The summed E-state index contributed by atoms with van der Waals surface area (Å²) in [5.74, 6) is 0. The summed E-state index contributed by atoms with van der Waals surface area (Å²) >= 11 is 0. The van der Waals surface area contributed by atoms with Gasteiger partial charge in [0.15, 0.2) is 0 Å². The van der Waals surface area contributed by atoms with Crippen molar-refractivity contribution in [1.82, 2.24) is 9.97 Å². The number of rotatable bonds is 2. The lowest BCUT2D eigenvalue weighted by molar-refractivity contribution is 0.0645. The molecular formula is C13H12N2O3. The second-order valence-corrected chi connectivity index (χ2v) is 4.29. The number of benzene rings is 1. The van der Waals surface area contributed by atoms with Crippen LogP contribution in [0.2, 0.25) is 0 Å². The molecule has 5 heteroatoms. The van der Waals surface area contributed by atoms with E-state index in [1.54, 1.807) is 0 Å². The molecule has 0 bridgehead atoms. The van der Waals surface area contributed by atoms with Crippen LogP contribution in [0.15, 0.2) is 39.9 Å². The van der Waals surface area contributed by atoms with E-state index >= 15 is 0 Å². The van der Waals surface area contributed by atoms with Crippen molar-refractivity contribution in [3.8, 4) is 0 Å². The minimum Gasteiger partial charge on any atom is -0.367 e. The summed E-state index contributed by atoms with van der Waals surface area (Å²) in [5, 5.41) is 0. The molecule has 0 spiro atoms. The minimum atomic E-state index is -0.484. The minimum absolute atomic E-state index is 0.249. The Kier molecular flexibility index (Phi) is 2.60. The van der Waals surface area contributed by atoms with Gasteiger partial charge in [-0.3, -0.25) is 9.78 Å². The molecule has 3 rings (SSSR count). The van der Waals surface area contributed by atoms with Gasteiger partial charge in [-0.1, -0.05) is 30.3 Å². The first-order valence-electron chi connectivity index (χ1n) is 5.75. The molecule has 0 unspecified atom stereocenters. The largest absolute Gasteiger partial charge is 0.367 e. The van der Waals surface area contributed by atoms with Gasteiger partial charge in [0, 0.05) is 6.42 Å². The van der Waals surface area contributed by atoms with E-state index in [-0.39, 0.29) is 18.3 Å². The van der Waals surface area contributed by atoms with Gasteiger partial charge in [0.25, 0.3) is 5.56 Å². The molecule has 5 nitrogen and oxygen atoms in total. The highest BCUT2D eigenvalue weighted by Crippen LogP contribution is 2.28. The van der Waals surface area contributed by atoms with E-state index in [1.807, 2.05) is 30.3 Å². The van der Waals surface area contributed by atoms with Gasteiger partial charge in [-0.05, 0) is 5.56 Å². The van der Waals surface area contributed by atoms with Crippen molar-refractivity contribution in [2.24, 2.45) is 0 Å². The molecule has 0 fully saturated rings. The van der Waals surface area contributed by atoms with Crippen LogP contribution in [-0.4, -0.2) is 9.97 Å². The second-order valence-electron chi connectivity index (χ2n) is 4.29. The molecule has 2 N–H and O–H groups in total. The lowest BCUT2D eigenvalue weighted by Gasteiger charge is -2.10. The van der Waals surface area contributed by atoms with Crippen LogP contribution in [0.1, 0.15) is 22.9 Å². The van der Waals surface area contributed by atoms with E-state index in [4.69, 9.17) is 4.74 Å². The number of hydrogen-bond donors (Lipinski definition) is 2. The van der Waals surface area contributed by atoms with Crippen LogP contribution in [0.25, 0.3) is 0 Å². The fraction of sp³-hybridized carbons (Fsp3) is 0.231. The lowest BCUT2D eigenvalue weighted by atomic mass is 10.0. The van der Waals surface area contributed by atoms with Gasteiger partial charge in [0.1, 0.15) is 6.10 Å². The molecular weight excluding hydrogens is 232 g/mol. The zero-order valence-corrected chi connectivity index (χ0v) is 9.60. The van der Waals surface area contributed by atoms with E-state index in [9.17, 15) is 9.59 Å². The SMILES string of the molecule is O=c1[nH]c2c(c(=O)[nH]1)CO[C@@H]2Cc1ccccc1. The van der Waals surface area contributed by atoms with Crippen molar-refractivity contribution >= 4 is 0 Å². The Hall–Kier alpha value is -2.14. The molecule has 1 aliphatic rings. The Balaban J connectivity index is 1.96. The fourth-order valence-electron chi connectivity index (χ4n) is 2.20. The molecule has 2 heterocycles. The van der Waals surface area contributed by atoms with E-state index in [1.165, 1.54) is 0 Å². The second kappa shape index (κ2) is 4.27. The predicted octanol–water partition coefficient (Wildman–Crippen LogP) is 0.877. The number of hydrogen-bond acceptors (Lipinski definition) is 3. The Morgan fingerprint density at radius 1 is 1.17 bits per heavy atom. The highest BCUT2D eigenvalue weighted by Gasteiger charge is 2.27. The standard InChI is InChI=1S/C13H12N2O3/c16-12-9-7-18-10(11(9)14-13(17)15-12)6-8-4-2-1-3-5-8/h1-5,10H,6-7H2,(H2,14,15,16,17)/t10-/m1/s1. The van der Waals surface area contributed by atoms with Crippen LogP contribution in [0.3, 0.4) is 0 Å². The van der Waals surface area contributed by atoms with Gasteiger partial charge >= 0.3 is 5.69 Å². The van der Waals surface area contributed by atoms with Gasteiger partial charge < -0.3 is 9.72 Å². The highest BCUT2D eigenvalue weighted by molar-refractivity contribution is 5.25. The van der Waals surface area contributed by atoms with Gasteiger partial charge in [-0.2, -0.15) is 0 Å². The summed E-state index contributed by atoms with van der Waals surface area (Å²) in [6, 6.07) is 9.83.